The zero-order valence-electron chi connectivity index (χ0n) is 14.8. The van der Waals surface area contributed by atoms with Gasteiger partial charge in [-0.2, -0.15) is 5.10 Å². The predicted molar refractivity (Wildman–Crippen MR) is 111 cm³/mol. The Labute approximate surface area is 165 Å². The number of hydrazone groups is 1. The van der Waals surface area contributed by atoms with Gasteiger partial charge in [-0.05, 0) is 17.7 Å². The second-order valence-corrected chi connectivity index (χ2v) is 6.70. The van der Waals surface area contributed by atoms with Gasteiger partial charge in [-0.3, -0.25) is 15.0 Å². The minimum Gasteiger partial charge on any atom is -0.481 e. The summed E-state index contributed by atoms with van der Waals surface area (Å²) in [5, 5.41) is 18.0. The summed E-state index contributed by atoms with van der Waals surface area (Å²) in [5.41, 5.74) is 6.22. The van der Waals surface area contributed by atoms with E-state index >= 15 is 0 Å². The molecule has 0 spiro atoms. The van der Waals surface area contributed by atoms with E-state index in [0.717, 1.165) is 16.8 Å². The molecule has 7 nitrogen and oxygen atoms in total. The van der Waals surface area contributed by atoms with Crippen molar-refractivity contribution < 1.29 is 14.7 Å². The number of aliphatic carboxylic acids is 1. The average Bonchev–Trinajstić information content (AvgIpc) is 3.17. The minimum atomic E-state index is -0.994. The topological polar surface area (TPSA) is 104 Å². The smallest absolute Gasteiger partial charge is 0.303 e. The summed E-state index contributed by atoms with van der Waals surface area (Å²) >= 11 is 1.44. The Balaban J connectivity index is 1.56. The number of hydrogen-bond donors (Lipinski definition) is 3. The first kappa shape index (κ1) is 19.2. The highest BCUT2D eigenvalue weighted by Crippen LogP contribution is 2.26. The van der Waals surface area contributed by atoms with Gasteiger partial charge in [0.2, 0.25) is 11.0 Å². The fourth-order valence-corrected chi connectivity index (χ4v) is 3.00. The van der Waals surface area contributed by atoms with Gasteiger partial charge in [0.25, 0.3) is 0 Å². The Morgan fingerprint density at radius 1 is 1.07 bits per heavy atom. The number of carbonyl (C=O) groups is 2. The van der Waals surface area contributed by atoms with Gasteiger partial charge < -0.3 is 10.4 Å². The van der Waals surface area contributed by atoms with Gasteiger partial charge in [0, 0.05) is 23.1 Å². The zero-order chi connectivity index (χ0) is 19.8. The molecule has 142 valence electrons. The van der Waals surface area contributed by atoms with E-state index in [-0.39, 0.29) is 18.7 Å². The quantitative estimate of drug-likeness (QED) is 0.395. The molecule has 0 aliphatic carbocycles. The molecule has 3 N–H and O–H groups in total. The van der Waals surface area contributed by atoms with E-state index in [1.165, 1.54) is 11.3 Å². The monoisotopic (exact) mass is 394 g/mol. The predicted octanol–water partition coefficient (Wildman–Crippen LogP) is 4.06. The lowest BCUT2D eigenvalue weighted by Gasteiger charge is -2.05. The molecule has 0 bridgehead atoms. The Morgan fingerprint density at radius 3 is 2.54 bits per heavy atom. The highest BCUT2D eigenvalue weighted by atomic mass is 32.1. The molecule has 3 rings (SSSR count). The maximum atomic E-state index is 11.7. The van der Waals surface area contributed by atoms with Gasteiger partial charge >= 0.3 is 5.97 Å². The van der Waals surface area contributed by atoms with Crippen LogP contribution < -0.4 is 10.7 Å². The lowest BCUT2D eigenvalue weighted by Crippen LogP contribution is -2.13. The fourth-order valence-electron chi connectivity index (χ4n) is 2.33. The van der Waals surface area contributed by atoms with Gasteiger partial charge in [0.15, 0.2) is 0 Å². The summed E-state index contributed by atoms with van der Waals surface area (Å²) < 4.78 is 0. The van der Waals surface area contributed by atoms with Crippen molar-refractivity contribution in [3.63, 3.8) is 0 Å². The number of aromatic nitrogens is 1. The SMILES string of the molecule is O=C(O)CCC(=O)Nc1ccc(-c2csc(NN=Cc3ccccc3)n2)cc1. The fraction of sp³-hybridized carbons (Fsp3) is 0.100. The average molecular weight is 394 g/mol. The number of nitrogens with one attached hydrogen (secondary N) is 2. The first-order chi connectivity index (χ1) is 13.6. The van der Waals surface area contributed by atoms with E-state index < -0.39 is 5.97 Å². The second kappa shape index (κ2) is 9.43. The van der Waals surface area contributed by atoms with Crippen molar-refractivity contribution in [3.05, 3.63) is 65.5 Å². The van der Waals surface area contributed by atoms with Gasteiger partial charge in [0.05, 0.1) is 18.3 Å². The van der Waals surface area contributed by atoms with Crippen molar-refractivity contribution in [3.8, 4) is 11.3 Å². The number of rotatable bonds is 8. The van der Waals surface area contributed by atoms with E-state index in [0.29, 0.717) is 10.8 Å². The first-order valence-electron chi connectivity index (χ1n) is 8.52. The molecule has 1 aromatic heterocycles. The molecule has 8 heteroatoms. The molecule has 1 amide bonds. The van der Waals surface area contributed by atoms with Crippen LogP contribution in [0, 0.1) is 0 Å². The summed E-state index contributed by atoms with van der Waals surface area (Å²) in [5.74, 6) is -1.32. The third-order valence-corrected chi connectivity index (χ3v) is 4.45. The summed E-state index contributed by atoms with van der Waals surface area (Å²) in [6, 6.07) is 17.0. The molecule has 1 heterocycles. The summed E-state index contributed by atoms with van der Waals surface area (Å²) in [4.78, 5) is 26.7. The van der Waals surface area contributed by atoms with Crippen LogP contribution in [0.3, 0.4) is 0 Å². The molecule has 28 heavy (non-hydrogen) atoms. The molecule has 0 saturated heterocycles. The number of nitrogens with zero attached hydrogens (tertiary/aromatic N) is 2. The maximum Gasteiger partial charge on any atom is 0.303 e. The summed E-state index contributed by atoms with van der Waals surface area (Å²) in [6.07, 6.45) is 1.48. The van der Waals surface area contributed by atoms with Crippen LogP contribution in [0.5, 0.6) is 0 Å². The molecule has 2 aromatic carbocycles. The number of thiazole rings is 1. The lowest BCUT2D eigenvalue weighted by molar-refractivity contribution is -0.138. The third-order valence-electron chi connectivity index (χ3n) is 3.71. The van der Waals surface area contributed by atoms with E-state index in [1.807, 2.05) is 47.8 Å². The van der Waals surface area contributed by atoms with Gasteiger partial charge in [-0.15, -0.1) is 11.3 Å². The van der Waals surface area contributed by atoms with Crippen molar-refractivity contribution in [2.75, 3.05) is 10.7 Å². The number of benzene rings is 2. The number of hydrogen-bond acceptors (Lipinski definition) is 6. The summed E-state index contributed by atoms with van der Waals surface area (Å²) in [7, 11) is 0. The molecule has 3 aromatic rings. The van der Waals surface area contributed by atoms with Crippen LogP contribution in [0.25, 0.3) is 11.3 Å². The Bertz CT molecular complexity index is 969. The standard InChI is InChI=1S/C20H18N4O3S/c25-18(10-11-19(26)27)22-16-8-6-15(7-9-16)17-13-28-20(23-17)24-21-12-14-4-2-1-3-5-14/h1-9,12-13H,10-11H2,(H,22,25)(H,23,24)(H,26,27). The number of amides is 1. The molecule has 0 saturated carbocycles. The Morgan fingerprint density at radius 2 is 1.82 bits per heavy atom. The highest BCUT2D eigenvalue weighted by molar-refractivity contribution is 7.14. The molecule has 0 atom stereocenters. The van der Waals surface area contributed by atoms with Crippen LogP contribution in [0.1, 0.15) is 18.4 Å². The number of carboxylic acid groups (broad SMARTS) is 1. The van der Waals surface area contributed by atoms with Crippen LogP contribution in [0.15, 0.2) is 65.1 Å². The van der Waals surface area contributed by atoms with Gasteiger partial charge in [0.1, 0.15) is 0 Å². The normalized spacial score (nSPS) is 10.7. The van der Waals surface area contributed by atoms with Crippen molar-refractivity contribution in [1.29, 1.82) is 0 Å². The summed E-state index contributed by atoms with van der Waals surface area (Å²) in [6.45, 7) is 0. The Hall–Kier alpha value is -3.52. The van der Waals surface area contributed by atoms with Crippen LogP contribution in [-0.4, -0.2) is 28.2 Å². The second-order valence-electron chi connectivity index (χ2n) is 5.84. The molecular weight excluding hydrogens is 376 g/mol. The molecule has 0 radical (unpaired) electrons. The largest absolute Gasteiger partial charge is 0.481 e. The third kappa shape index (κ3) is 5.75. The van der Waals surface area contributed by atoms with Crippen LogP contribution in [-0.2, 0) is 9.59 Å². The van der Waals surface area contributed by atoms with E-state index in [1.54, 1.807) is 18.3 Å². The molecule has 0 unspecified atom stereocenters. The maximum absolute atomic E-state index is 11.7. The van der Waals surface area contributed by atoms with E-state index in [9.17, 15) is 9.59 Å². The molecule has 0 aliphatic rings. The number of carboxylic acids is 1. The van der Waals surface area contributed by atoms with Crippen LogP contribution in [0.4, 0.5) is 10.8 Å². The van der Waals surface area contributed by atoms with Gasteiger partial charge in [-0.25, -0.2) is 4.98 Å². The van der Waals surface area contributed by atoms with Crippen molar-refractivity contribution in [2.45, 2.75) is 12.8 Å². The molecular formula is C20H18N4O3S. The van der Waals surface area contributed by atoms with Crippen molar-refractivity contribution >= 4 is 40.2 Å². The van der Waals surface area contributed by atoms with Crippen LogP contribution >= 0.6 is 11.3 Å². The van der Waals surface area contributed by atoms with Crippen LogP contribution in [0.2, 0.25) is 0 Å². The van der Waals surface area contributed by atoms with E-state index in [2.05, 4.69) is 20.8 Å². The van der Waals surface area contributed by atoms with Gasteiger partial charge in [-0.1, -0.05) is 42.5 Å². The molecule has 0 fully saturated rings. The number of carbonyl (C=O) groups excluding carboxylic acids is 1. The Kier molecular flexibility index (Phi) is 6.48. The minimum absolute atomic E-state index is 0.0539. The van der Waals surface area contributed by atoms with Crippen molar-refractivity contribution in [1.82, 2.24) is 4.98 Å². The lowest BCUT2D eigenvalue weighted by atomic mass is 10.1. The zero-order valence-corrected chi connectivity index (χ0v) is 15.6. The van der Waals surface area contributed by atoms with E-state index in [4.69, 9.17) is 5.11 Å². The highest BCUT2D eigenvalue weighted by Gasteiger charge is 2.07. The first-order valence-corrected chi connectivity index (χ1v) is 9.40. The molecule has 0 aliphatic heterocycles. The number of anilines is 2. The van der Waals surface area contributed by atoms with Crippen molar-refractivity contribution in [2.24, 2.45) is 5.10 Å².